The zero-order valence-electron chi connectivity index (χ0n) is 14.4. The third kappa shape index (κ3) is 2.94. The fourth-order valence-electron chi connectivity index (χ4n) is 3.83. The van der Waals surface area contributed by atoms with Gasteiger partial charge in [-0.05, 0) is 37.5 Å². The zero-order chi connectivity index (χ0) is 17.4. The van der Waals surface area contributed by atoms with Crippen molar-refractivity contribution in [1.82, 2.24) is 4.31 Å². The summed E-state index contributed by atoms with van der Waals surface area (Å²) in [5.74, 6) is 0.389. The van der Waals surface area contributed by atoms with Gasteiger partial charge in [0.2, 0.25) is 10.0 Å². The largest absolute Gasteiger partial charge is 0.495 e. The maximum Gasteiger partial charge on any atom is 0.246 e. The van der Waals surface area contributed by atoms with Crippen LogP contribution in [0.15, 0.2) is 23.1 Å². The molecule has 1 aromatic rings. The number of rotatable bonds is 5. The van der Waals surface area contributed by atoms with E-state index in [4.69, 9.17) is 14.2 Å². The minimum Gasteiger partial charge on any atom is -0.495 e. The van der Waals surface area contributed by atoms with Crippen LogP contribution in [-0.2, 0) is 19.5 Å². The molecule has 0 bridgehead atoms. The summed E-state index contributed by atoms with van der Waals surface area (Å²) < 4.78 is 44.4. The molecule has 0 saturated carbocycles. The molecule has 1 aromatic carbocycles. The van der Waals surface area contributed by atoms with Crippen molar-refractivity contribution in [3.8, 4) is 5.75 Å². The summed E-state index contributed by atoms with van der Waals surface area (Å²) in [7, 11) is -0.469. The average Bonchev–Trinajstić information content (AvgIpc) is 2.97. The maximum absolute atomic E-state index is 13.2. The van der Waals surface area contributed by atoms with Gasteiger partial charge in [-0.3, -0.25) is 0 Å². The predicted molar refractivity (Wildman–Crippen MR) is 89.8 cm³/mol. The lowest BCUT2D eigenvalue weighted by Gasteiger charge is -2.42. The van der Waals surface area contributed by atoms with Crippen molar-refractivity contribution < 1.29 is 22.6 Å². The highest BCUT2D eigenvalue weighted by atomic mass is 32.2. The van der Waals surface area contributed by atoms with E-state index in [0.717, 1.165) is 12.0 Å². The second-order valence-corrected chi connectivity index (χ2v) is 8.59. The van der Waals surface area contributed by atoms with Crippen LogP contribution in [0.2, 0.25) is 0 Å². The van der Waals surface area contributed by atoms with E-state index in [9.17, 15) is 8.42 Å². The highest BCUT2D eigenvalue weighted by molar-refractivity contribution is 7.89. The molecule has 2 fully saturated rings. The first-order chi connectivity index (χ1) is 11.4. The topological polar surface area (TPSA) is 65.1 Å². The van der Waals surface area contributed by atoms with Crippen LogP contribution in [0, 0.1) is 12.3 Å². The Labute approximate surface area is 143 Å². The van der Waals surface area contributed by atoms with E-state index >= 15 is 0 Å². The number of piperidine rings is 1. The first-order valence-corrected chi connectivity index (χ1v) is 9.62. The monoisotopic (exact) mass is 355 g/mol. The minimum atomic E-state index is -3.62. The van der Waals surface area contributed by atoms with Crippen molar-refractivity contribution in [2.75, 3.05) is 40.5 Å². The second kappa shape index (κ2) is 6.63. The second-order valence-electron chi connectivity index (χ2n) is 6.69. The van der Waals surface area contributed by atoms with Gasteiger partial charge in [0.05, 0.1) is 19.8 Å². The molecule has 0 unspecified atom stereocenters. The number of nitrogens with zero attached hydrogens (tertiary/aromatic N) is 1. The van der Waals surface area contributed by atoms with Gasteiger partial charge in [0.25, 0.3) is 0 Å². The molecule has 0 radical (unpaired) electrons. The van der Waals surface area contributed by atoms with Gasteiger partial charge in [0.1, 0.15) is 10.6 Å². The number of aryl methyl sites for hydroxylation is 1. The van der Waals surface area contributed by atoms with Crippen LogP contribution in [0.5, 0.6) is 5.75 Å². The molecule has 2 heterocycles. The Morgan fingerprint density at radius 2 is 2.17 bits per heavy atom. The van der Waals surface area contributed by atoms with E-state index in [1.807, 2.05) is 6.92 Å². The van der Waals surface area contributed by atoms with Gasteiger partial charge in [-0.1, -0.05) is 6.07 Å². The Balaban J connectivity index is 1.93. The smallest absolute Gasteiger partial charge is 0.246 e. The minimum absolute atomic E-state index is 0.0730. The van der Waals surface area contributed by atoms with Gasteiger partial charge in [0.15, 0.2) is 0 Å². The Morgan fingerprint density at radius 1 is 1.38 bits per heavy atom. The number of fused-ring (bicyclic) bond motifs is 1. The van der Waals surface area contributed by atoms with E-state index in [-0.39, 0.29) is 16.4 Å². The van der Waals surface area contributed by atoms with E-state index in [2.05, 4.69) is 0 Å². The number of methoxy groups -OCH3 is 2. The Hall–Kier alpha value is -1.15. The molecular weight excluding hydrogens is 330 g/mol. The third-order valence-electron chi connectivity index (χ3n) is 5.10. The first-order valence-electron chi connectivity index (χ1n) is 8.18. The SMILES string of the molecule is COC[C@]12CCO[C@H]1CCN(S(=O)(=O)c1ccc(C)cc1OC)C2. The van der Waals surface area contributed by atoms with Crippen LogP contribution < -0.4 is 4.74 Å². The van der Waals surface area contributed by atoms with E-state index in [1.54, 1.807) is 29.6 Å². The van der Waals surface area contributed by atoms with E-state index < -0.39 is 10.0 Å². The molecule has 2 atom stereocenters. The standard InChI is InChI=1S/C17H25NO5S/c1-13-4-5-15(14(10-13)22-3)24(19,20)18-8-6-16-17(11-18,12-21-2)7-9-23-16/h4-5,10,16H,6-9,11-12H2,1-3H3/t16-,17+/m0/s1. The van der Waals surface area contributed by atoms with Crippen LogP contribution >= 0.6 is 0 Å². The Bertz CT molecular complexity index is 705. The molecule has 134 valence electrons. The molecular formula is C17H25NO5S. The average molecular weight is 355 g/mol. The lowest BCUT2D eigenvalue weighted by molar-refractivity contribution is -0.0358. The molecule has 7 heteroatoms. The molecule has 0 aliphatic carbocycles. The van der Waals surface area contributed by atoms with Crippen molar-refractivity contribution in [3.05, 3.63) is 23.8 Å². The Morgan fingerprint density at radius 3 is 2.88 bits per heavy atom. The molecule has 24 heavy (non-hydrogen) atoms. The highest BCUT2D eigenvalue weighted by Crippen LogP contribution is 2.43. The van der Waals surface area contributed by atoms with Crippen LogP contribution in [0.25, 0.3) is 0 Å². The number of ether oxygens (including phenoxy) is 3. The fraction of sp³-hybridized carbons (Fsp3) is 0.647. The van der Waals surface area contributed by atoms with Crippen molar-refractivity contribution in [1.29, 1.82) is 0 Å². The number of hydrogen-bond acceptors (Lipinski definition) is 5. The third-order valence-corrected chi connectivity index (χ3v) is 6.99. The molecule has 0 amide bonds. The molecule has 0 N–H and O–H groups in total. The zero-order valence-corrected chi connectivity index (χ0v) is 15.3. The summed E-state index contributed by atoms with van der Waals surface area (Å²) in [6, 6.07) is 5.18. The van der Waals surface area contributed by atoms with E-state index in [1.165, 1.54) is 7.11 Å². The van der Waals surface area contributed by atoms with Gasteiger partial charge in [-0.25, -0.2) is 8.42 Å². The van der Waals surface area contributed by atoms with Crippen molar-refractivity contribution in [2.45, 2.75) is 30.8 Å². The highest BCUT2D eigenvalue weighted by Gasteiger charge is 2.50. The van der Waals surface area contributed by atoms with Crippen molar-refractivity contribution in [3.63, 3.8) is 0 Å². The maximum atomic E-state index is 13.2. The Kier molecular flexibility index (Phi) is 4.88. The molecule has 3 rings (SSSR count). The summed E-state index contributed by atoms with van der Waals surface area (Å²) in [6.07, 6.45) is 1.59. The molecule has 0 spiro atoms. The molecule has 6 nitrogen and oxygen atoms in total. The lowest BCUT2D eigenvalue weighted by Crippen LogP contribution is -2.53. The normalized spacial score (nSPS) is 27.9. The summed E-state index contributed by atoms with van der Waals surface area (Å²) in [5.41, 5.74) is 0.711. The summed E-state index contributed by atoms with van der Waals surface area (Å²) >= 11 is 0. The van der Waals surface area contributed by atoms with Gasteiger partial charge in [-0.15, -0.1) is 0 Å². The van der Waals surface area contributed by atoms with E-state index in [0.29, 0.717) is 38.5 Å². The summed E-state index contributed by atoms with van der Waals surface area (Å²) in [6.45, 7) is 3.96. The first kappa shape index (κ1) is 17.7. The van der Waals surface area contributed by atoms with Gasteiger partial charge in [0, 0.05) is 32.2 Å². The molecule has 2 aliphatic heterocycles. The van der Waals surface area contributed by atoms with Crippen LogP contribution in [0.4, 0.5) is 0 Å². The molecule has 0 aromatic heterocycles. The molecule has 2 aliphatic rings. The van der Waals surface area contributed by atoms with Crippen LogP contribution in [0.3, 0.4) is 0 Å². The number of sulfonamides is 1. The van der Waals surface area contributed by atoms with Crippen LogP contribution in [-0.4, -0.2) is 59.3 Å². The van der Waals surface area contributed by atoms with Crippen LogP contribution in [0.1, 0.15) is 18.4 Å². The lowest BCUT2D eigenvalue weighted by atomic mass is 9.78. The number of hydrogen-bond donors (Lipinski definition) is 0. The van der Waals surface area contributed by atoms with Crippen molar-refractivity contribution in [2.24, 2.45) is 5.41 Å². The fourth-order valence-corrected chi connectivity index (χ4v) is 5.52. The van der Waals surface area contributed by atoms with Gasteiger partial charge < -0.3 is 14.2 Å². The van der Waals surface area contributed by atoms with Gasteiger partial charge >= 0.3 is 0 Å². The summed E-state index contributed by atoms with van der Waals surface area (Å²) in [5, 5.41) is 0. The van der Waals surface area contributed by atoms with Gasteiger partial charge in [-0.2, -0.15) is 4.31 Å². The number of benzene rings is 1. The molecule has 2 saturated heterocycles. The summed E-state index contributed by atoms with van der Waals surface area (Å²) in [4.78, 5) is 0.223. The predicted octanol–water partition coefficient (Wildman–Crippen LogP) is 1.82. The van der Waals surface area contributed by atoms with Crippen molar-refractivity contribution >= 4 is 10.0 Å². The quantitative estimate of drug-likeness (QED) is 0.806.